The zero-order valence-corrected chi connectivity index (χ0v) is 11.9. The first-order valence-electron chi connectivity index (χ1n) is 6.20. The molecule has 0 aromatic heterocycles. The Hall–Kier alpha value is 0.0969. The van der Waals surface area contributed by atoms with Gasteiger partial charge in [-0.1, -0.05) is 13.8 Å². The molecule has 0 aromatic carbocycles. The van der Waals surface area contributed by atoms with Crippen molar-refractivity contribution < 1.29 is 8.85 Å². The second-order valence-corrected chi connectivity index (χ2v) is 6.34. The lowest BCUT2D eigenvalue weighted by Gasteiger charge is -2.21. The summed E-state index contributed by atoms with van der Waals surface area (Å²) in [4.78, 5) is 0. The van der Waals surface area contributed by atoms with Gasteiger partial charge in [-0.15, -0.1) is 0 Å². The average molecular weight is 233 g/mol. The maximum Gasteiger partial charge on any atom is 0.324 e. The molecule has 0 saturated carbocycles. The van der Waals surface area contributed by atoms with Crippen LogP contribution in [0.4, 0.5) is 0 Å². The third kappa shape index (κ3) is 7.96. The van der Waals surface area contributed by atoms with Gasteiger partial charge in [-0.25, -0.2) is 0 Å². The van der Waals surface area contributed by atoms with Crippen LogP contribution in [-0.2, 0) is 8.85 Å². The predicted octanol–water partition coefficient (Wildman–Crippen LogP) is 2.06. The highest BCUT2D eigenvalue weighted by atomic mass is 28.3. The molecule has 0 radical (unpaired) electrons. The van der Waals surface area contributed by atoms with Crippen molar-refractivity contribution in [1.29, 1.82) is 0 Å². The summed E-state index contributed by atoms with van der Waals surface area (Å²) < 4.78 is 11.4. The Bertz CT molecular complexity index is 130. The molecule has 0 aliphatic rings. The monoisotopic (exact) mass is 233 g/mol. The van der Waals surface area contributed by atoms with E-state index < -0.39 is 9.28 Å². The molecular formula is C11H27NO2Si. The minimum Gasteiger partial charge on any atom is -0.397 e. The highest BCUT2D eigenvalue weighted by Crippen LogP contribution is 2.15. The molecule has 3 nitrogen and oxygen atoms in total. The smallest absolute Gasteiger partial charge is 0.324 e. The van der Waals surface area contributed by atoms with E-state index in [1.165, 1.54) is 6.42 Å². The van der Waals surface area contributed by atoms with Crippen molar-refractivity contribution in [1.82, 2.24) is 5.32 Å². The van der Waals surface area contributed by atoms with Gasteiger partial charge in [0.15, 0.2) is 0 Å². The zero-order chi connectivity index (χ0) is 11.5. The number of hydrogen-bond acceptors (Lipinski definition) is 3. The van der Waals surface area contributed by atoms with Crippen molar-refractivity contribution in [3.63, 3.8) is 0 Å². The first-order chi connectivity index (χ1) is 7.26. The van der Waals surface area contributed by atoms with Gasteiger partial charge in [-0.2, -0.15) is 0 Å². The van der Waals surface area contributed by atoms with E-state index >= 15 is 0 Å². The zero-order valence-electron chi connectivity index (χ0n) is 10.7. The Balaban J connectivity index is 3.65. The molecule has 92 valence electrons. The Morgan fingerprint density at radius 1 is 1.07 bits per heavy atom. The summed E-state index contributed by atoms with van der Waals surface area (Å²) in [6.45, 7) is 12.3. The normalized spacial score (nSPS) is 13.4. The topological polar surface area (TPSA) is 30.5 Å². The molecule has 0 amide bonds. The van der Waals surface area contributed by atoms with Gasteiger partial charge >= 0.3 is 9.28 Å². The van der Waals surface area contributed by atoms with Crippen LogP contribution in [0, 0.1) is 0 Å². The van der Waals surface area contributed by atoms with Gasteiger partial charge < -0.3 is 14.2 Å². The fourth-order valence-corrected chi connectivity index (χ4v) is 3.32. The minimum absolute atomic E-state index is 0.592. The third-order valence-corrected chi connectivity index (χ3v) is 4.92. The van der Waals surface area contributed by atoms with E-state index in [4.69, 9.17) is 8.85 Å². The first kappa shape index (κ1) is 15.1. The molecule has 0 aromatic rings. The number of nitrogens with one attached hydrogen (secondary N) is 1. The molecule has 4 heteroatoms. The van der Waals surface area contributed by atoms with Crippen LogP contribution in [0.3, 0.4) is 0 Å². The van der Waals surface area contributed by atoms with Gasteiger partial charge in [-0.3, -0.25) is 0 Å². The van der Waals surface area contributed by atoms with E-state index in [2.05, 4.69) is 19.2 Å². The fourth-order valence-electron chi connectivity index (χ4n) is 1.47. The van der Waals surface area contributed by atoms with Gasteiger partial charge in [0.2, 0.25) is 0 Å². The van der Waals surface area contributed by atoms with E-state index in [9.17, 15) is 0 Å². The van der Waals surface area contributed by atoms with Crippen LogP contribution >= 0.6 is 0 Å². The summed E-state index contributed by atoms with van der Waals surface area (Å²) in [5.74, 6) is 0. The van der Waals surface area contributed by atoms with Crippen LogP contribution in [0.5, 0.6) is 0 Å². The highest BCUT2D eigenvalue weighted by molar-refractivity contribution is 6.46. The lowest BCUT2D eigenvalue weighted by atomic mass is 10.3. The molecular weight excluding hydrogens is 206 g/mol. The fraction of sp³-hybridized carbons (Fsp3) is 1.00. The summed E-state index contributed by atoms with van der Waals surface area (Å²) >= 11 is 0. The van der Waals surface area contributed by atoms with Crippen LogP contribution in [0.1, 0.15) is 40.5 Å². The van der Waals surface area contributed by atoms with Crippen molar-refractivity contribution in [2.24, 2.45) is 0 Å². The SMILES string of the molecule is CCCNCCC(C)[SiH](OCC)OCC. The lowest BCUT2D eigenvalue weighted by Crippen LogP contribution is -2.30. The second-order valence-electron chi connectivity index (χ2n) is 3.80. The standard InChI is InChI=1S/C11H27NO2Si/c1-5-9-12-10-8-11(4)15(13-6-2)14-7-3/h11-12,15H,5-10H2,1-4H3. The number of rotatable bonds is 10. The summed E-state index contributed by atoms with van der Waals surface area (Å²) in [5, 5.41) is 3.42. The summed E-state index contributed by atoms with van der Waals surface area (Å²) in [6.07, 6.45) is 2.36. The predicted molar refractivity (Wildman–Crippen MR) is 67.6 cm³/mol. The van der Waals surface area contributed by atoms with Gasteiger partial charge in [-0.05, 0) is 45.3 Å². The lowest BCUT2D eigenvalue weighted by molar-refractivity contribution is 0.203. The molecule has 1 atom stereocenters. The maximum absolute atomic E-state index is 5.69. The Labute approximate surface area is 96.4 Å². The van der Waals surface area contributed by atoms with Crippen molar-refractivity contribution in [2.45, 2.75) is 46.1 Å². The Kier molecular flexibility index (Phi) is 10.7. The molecule has 0 spiro atoms. The molecule has 0 bridgehead atoms. The molecule has 15 heavy (non-hydrogen) atoms. The van der Waals surface area contributed by atoms with Gasteiger partial charge in [0.25, 0.3) is 0 Å². The van der Waals surface area contributed by atoms with Crippen LogP contribution in [0.2, 0.25) is 5.54 Å². The van der Waals surface area contributed by atoms with Gasteiger partial charge in [0.05, 0.1) is 0 Å². The quantitative estimate of drug-likeness (QED) is 0.463. The van der Waals surface area contributed by atoms with Crippen LogP contribution in [0.25, 0.3) is 0 Å². The molecule has 0 rings (SSSR count). The third-order valence-electron chi connectivity index (χ3n) is 2.33. The molecule has 0 aliphatic carbocycles. The molecule has 0 aliphatic heterocycles. The Morgan fingerprint density at radius 3 is 2.13 bits per heavy atom. The Morgan fingerprint density at radius 2 is 1.67 bits per heavy atom. The van der Waals surface area contributed by atoms with Crippen molar-refractivity contribution in [3.8, 4) is 0 Å². The second kappa shape index (κ2) is 10.6. The molecule has 0 saturated heterocycles. The van der Waals surface area contributed by atoms with E-state index in [0.29, 0.717) is 5.54 Å². The average Bonchev–Trinajstić information content (AvgIpc) is 2.24. The van der Waals surface area contributed by atoms with Gasteiger partial charge in [0.1, 0.15) is 0 Å². The maximum atomic E-state index is 5.69. The minimum atomic E-state index is -1.42. The van der Waals surface area contributed by atoms with Crippen molar-refractivity contribution in [3.05, 3.63) is 0 Å². The first-order valence-corrected chi connectivity index (χ1v) is 7.81. The molecule has 0 fully saturated rings. The summed E-state index contributed by atoms with van der Waals surface area (Å²) in [6, 6.07) is 0. The highest BCUT2D eigenvalue weighted by Gasteiger charge is 2.20. The van der Waals surface area contributed by atoms with Crippen molar-refractivity contribution in [2.75, 3.05) is 26.3 Å². The van der Waals surface area contributed by atoms with E-state index in [0.717, 1.165) is 32.7 Å². The van der Waals surface area contributed by atoms with Crippen molar-refractivity contribution >= 4 is 9.28 Å². The van der Waals surface area contributed by atoms with Crippen LogP contribution < -0.4 is 5.32 Å². The van der Waals surface area contributed by atoms with Crippen LogP contribution in [0.15, 0.2) is 0 Å². The van der Waals surface area contributed by atoms with Crippen LogP contribution in [-0.4, -0.2) is 35.6 Å². The summed E-state index contributed by atoms with van der Waals surface area (Å²) in [7, 11) is -1.42. The van der Waals surface area contributed by atoms with E-state index in [1.807, 2.05) is 13.8 Å². The molecule has 1 unspecified atom stereocenters. The van der Waals surface area contributed by atoms with Gasteiger partial charge in [0, 0.05) is 13.2 Å². The van der Waals surface area contributed by atoms with E-state index in [-0.39, 0.29) is 0 Å². The molecule has 0 heterocycles. The molecule has 1 N–H and O–H groups in total. The summed E-state index contributed by atoms with van der Waals surface area (Å²) in [5.41, 5.74) is 0.592. The van der Waals surface area contributed by atoms with E-state index in [1.54, 1.807) is 0 Å². The largest absolute Gasteiger partial charge is 0.397 e. The number of hydrogen-bond donors (Lipinski definition) is 1.